The SMILES string of the molecule is CCN1CC(C(=O)OCC2CCCCO2)CC1=O. The number of amides is 1. The van der Waals surface area contributed by atoms with E-state index in [4.69, 9.17) is 9.47 Å². The van der Waals surface area contributed by atoms with E-state index < -0.39 is 0 Å². The van der Waals surface area contributed by atoms with Crippen LogP contribution in [0.15, 0.2) is 0 Å². The van der Waals surface area contributed by atoms with Crippen molar-refractivity contribution in [1.29, 1.82) is 0 Å². The summed E-state index contributed by atoms with van der Waals surface area (Å²) in [5, 5.41) is 0. The van der Waals surface area contributed by atoms with Gasteiger partial charge in [0.05, 0.1) is 12.0 Å². The van der Waals surface area contributed by atoms with Crippen molar-refractivity contribution in [2.75, 3.05) is 26.3 Å². The second-order valence-electron chi connectivity index (χ2n) is 4.95. The monoisotopic (exact) mass is 255 g/mol. The highest BCUT2D eigenvalue weighted by molar-refractivity contribution is 5.86. The van der Waals surface area contributed by atoms with Gasteiger partial charge in [0.15, 0.2) is 0 Å². The van der Waals surface area contributed by atoms with Gasteiger partial charge >= 0.3 is 5.97 Å². The first kappa shape index (κ1) is 13.3. The van der Waals surface area contributed by atoms with Gasteiger partial charge in [0.25, 0.3) is 0 Å². The maximum Gasteiger partial charge on any atom is 0.311 e. The summed E-state index contributed by atoms with van der Waals surface area (Å²) in [4.78, 5) is 25.1. The second-order valence-corrected chi connectivity index (χ2v) is 4.95. The predicted molar refractivity (Wildman–Crippen MR) is 64.9 cm³/mol. The third-order valence-electron chi connectivity index (χ3n) is 3.62. The molecule has 2 atom stereocenters. The molecule has 2 aliphatic rings. The van der Waals surface area contributed by atoms with Crippen molar-refractivity contribution in [3.8, 4) is 0 Å². The van der Waals surface area contributed by atoms with E-state index in [2.05, 4.69) is 0 Å². The lowest BCUT2D eigenvalue weighted by molar-refractivity contribution is -0.153. The summed E-state index contributed by atoms with van der Waals surface area (Å²) in [5.74, 6) is -0.497. The van der Waals surface area contributed by atoms with E-state index in [9.17, 15) is 9.59 Å². The van der Waals surface area contributed by atoms with Gasteiger partial charge < -0.3 is 14.4 Å². The number of carbonyl (C=O) groups is 2. The van der Waals surface area contributed by atoms with Crippen molar-refractivity contribution < 1.29 is 19.1 Å². The number of rotatable bonds is 4. The van der Waals surface area contributed by atoms with Gasteiger partial charge in [-0.15, -0.1) is 0 Å². The van der Waals surface area contributed by atoms with Crippen LogP contribution in [0.2, 0.25) is 0 Å². The molecular formula is C13H21NO4. The second kappa shape index (κ2) is 6.18. The van der Waals surface area contributed by atoms with Gasteiger partial charge in [0.1, 0.15) is 6.61 Å². The fraction of sp³-hybridized carbons (Fsp3) is 0.846. The first-order valence-corrected chi connectivity index (χ1v) is 6.76. The molecule has 5 nitrogen and oxygen atoms in total. The van der Waals surface area contributed by atoms with Crippen molar-refractivity contribution in [1.82, 2.24) is 4.90 Å². The molecule has 0 bridgehead atoms. The van der Waals surface area contributed by atoms with E-state index in [0.29, 0.717) is 19.7 Å². The molecule has 102 valence electrons. The fourth-order valence-corrected chi connectivity index (χ4v) is 2.47. The van der Waals surface area contributed by atoms with Crippen LogP contribution in [0.3, 0.4) is 0 Å². The van der Waals surface area contributed by atoms with Gasteiger partial charge in [-0.1, -0.05) is 0 Å². The molecule has 2 heterocycles. The zero-order valence-corrected chi connectivity index (χ0v) is 10.9. The summed E-state index contributed by atoms with van der Waals surface area (Å²) in [6.07, 6.45) is 3.51. The van der Waals surface area contributed by atoms with E-state index in [1.165, 1.54) is 0 Å². The van der Waals surface area contributed by atoms with Crippen molar-refractivity contribution in [3.63, 3.8) is 0 Å². The highest BCUT2D eigenvalue weighted by Gasteiger charge is 2.34. The molecule has 0 aromatic heterocycles. The van der Waals surface area contributed by atoms with E-state index in [1.54, 1.807) is 4.90 Å². The molecule has 1 amide bonds. The lowest BCUT2D eigenvalue weighted by Gasteiger charge is -2.22. The van der Waals surface area contributed by atoms with Gasteiger partial charge in [0.2, 0.25) is 5.91 Å². The Morgan fingerprint density at radius 2 is 2.33 bits per heavy atom. The Hall–Kier alpha value is -1.10. The van der Waals surface area contributed by atoms with Crippen LogP contribution < -0.4 is 0 Å². The molecule has 2 unspecified atom stereocenters. The summed E-state index contributed by atoms with van der Waals surface area (Å²) >= 11 is 0. The van der Waals surface area contributed by atoms with Crippen LogP contribution in [0.25, 0.3) is 0 Å². The van der Waals surface area contributed by atoms with Crippen molar-refractivity contribution in [2.45, 2.75) is 38.7 Å². The van der Waals surface area contributed by atoms with Crippen molar-refractivity contribution in [3.05, 3.63) is 0 Å². The highest BCUT2D eigenvalue weighted by Crippen LogP contribution is 2.19. The average Bonchev–Trinajstić information content (AvgIpc) is 2.78. The highest BCUT2D eigenvalue weighted by atomic mass is 16.6. The quantitative estimate of drug-likeness (QED) is 0.702. The summed E-state index contributed by atoms with van der Waals surface area (Å²) in [6.45, 7) is 4.17. The topological polar surface area (TPSA) is 55.8 Å². The number of likely N-dealkylation sites (tertiary alicyclic amines) is 1. The van der Waals surface area contributed by atoms with Crippen molar-refractivity contribution in [2.24, 2.45) is 5.92 Å². The van der Waals surface area contributed by atoms with Crippen LogP contribution in [-0.4, -0.2) is 49.2 Å². The number of hydrogen-bond acceptors (Lipinski definition) is 4. The first-order valence-electron chi connectivity index (χ1n) is 6.76. The Balaban J connectivity index is 1.73. The maximum absolute atomic E-state index is 11.8. The fourth-order valence-electron chi connectivity index (χ4n) is 2.47. The minimum atomic E-state index is -0.291. The Morgan fingerprint density at radius 1 is 1.50 bits per heavy atom. The molecular weight excluding hydrogens is 234 g/mol. The Bertz CT molecular complexity index is 312. The molecule has 2 aliphatic heterocycles. The van der Waals surface area contributed by atoms with Crippen LogP contribution in [0, 0.1) is 5.92 Å². The Labute approximate surface area is 107 Å². The summed E-state index contributed by atoms with van der Waals surface area (Å²) in [7, 11) is 0. The standard InChI is InChI=1S/C13H21NO4/c1-2-14-8-10(7-12(14)15)13(16)18-9-11-5-3-4-6-17-11/h10-11H,2-9H2,1H3. The number of esters is 1. The van der Waals surface area contributed by atoms with Crippen LogP contribution in [0.5, 0.6) is 0 Å². The van der Waals surface area contributed by atoms with Gasteiger partial charge in [-0.2, -0.15) is 0 Å². The molecule has 0 spiro atoms. The number of hydrogen-bond donors (Lipinski definition) is 0. The Kier molecular flexibility index (Phi) is 4.58. The minimum Gasteiger partial charge on any atom is -0.463 e. The Morgan fingerprint density at radius 3 is 2.94 bits per heavy atom. The number of nitrogens with zero attached hydrogens (tertiary/aromatic N) is 1. The average molecular weight is 255 g/mol. The lowest BCUT2D eigenvalue weighted by atomic mass is 10.1. The summed E-state index contributed by atoms with van der Waals surface area (Å²) in [6, 6.07) is 0. The third kappa shape index (κ3) is 3.22. The van der Waals surface area contributed by atoms with Crippen molar-refractivity contribution >= 4 is 11.9 Å². The summed E-state index contributed by atoms with van der Waals surface area (Å²) in [5.41, 5.74) is 0. The molecule has 5 heteroatoms. The molecule has 0 N–H and O–H groups in total. The van der Waals surface area contributed by atoms with E-state index >= 15 is 0 Å². The number of ether oxygens (including phenoxy) is 2. The molecule has 18 heavy (non-hydrogen) atoms. The lowest BCUT2D eigenvalue weighted by Crippen LogP contribution is -2.29. The molecule has 0 aliphatic carbocycles. The van der Waals surface area contributed by atoms with E-state index in [0.717, 1.165) is 25.9 Å². The molecule has 2 fully saturated rings. The van der Waals surface area contributed by atoms with E-state index in [1.807, 2.05) is 6.92 Å². The molecule has 2 rings (SSSR count). The zero-order valence-electron chi connectivity index (χ0n) is 10.9. The van der Waals surface area contributed by atoms with Crippen LogP contribution >= 0.6 is 0 Å². The molecule has 0 saturated carbocycles. The van der Waals surface area contributed by atoms with Crippen LogP contribution in [0.4, 0.5) is 0 Å². The maximum atomic E-state index is 11.8. The first-order chi connectivity index (χ1) is 8.70. The largest absolute Gasteiger partial charge is 0.463 e. The van der Waals surface area contributed by atoms with Gasteiger partial charge in [-0.3, -0.25) is 9.59 Å². The molecule has 2 saturated heterocycles. The van der Waals surface area contributed by atoms with Crippen LogP contribution in [-0.2, 0) is 19.1 Å². The molecule has 0 aromatic rings. The molecule has 0 radical (unpaired) electrons. The van der Waals surface area contributed by atoms with Crippen LogP contribution in [0.1, 0.15) is 32.6 Å². The predicted octanol–water partition coefficient (Wildman–Crippen LogP) is 0.967. The number of carbonyl (C=O) groups excluding carboxylic acids is 2. The van der Waals surface area contributed by atoms with E-state index in [-0.39, 0.29) is 30.3 Å². The third-order valence-corrected chi connectivity index (χ3v) is 3.62. The smallest absolute Gasteiger partial charge is 0.311 e. The van der Waals surface area contributed by atoms with Gasteiger partial charge in [0, 0.05) is 26.1 Å². The zero-order chi connectivity index (χ0) is 13.0. The summed E-state index contributed by atoms with van der Waals surface area (Å²) < 4.78 is 10.8. The van der Waals surface area contributed by atoms with Gasteiger partial charge in [-0.25, -0.2) is 0 Å². The van der Waals surface area contributed by atoms with Gasteiger partial charge in [-0.05, 0) is 26.2 Å². The molecule has 0 aromatic carbocycles. The minimum absolute atomic E-state index is 0.0436. The normalized spacial score (nSPS) is 28.5.